The summed E-state index contributed by atoms with van der Waals surface area (Å²) in [4.78, 5) is 2.32. The summed E-state index contributed by atoms with van der Waals surface area (Å²) in [6.45, 7) is 2.52. The fraction of sp³-hybridized carbons (Fsp3) is 0.455. The number of hydrogen-bond donors (Lipinski definition) is 0. The molecule has 2 aromatic carbocycles. The predicted molar refractivity (Wildman–Crippen MR) is 109 cm³/mol. The van der Waals surface area contributed by atoms with E-state index < -0.39 is 10.0 Å². The van der Waals surface area contributed by atoms with E-state index >= 15 is 0 Å². The maximum absolute atomic E-state index is 14.2. The Labute approximate surface area is 167 Å². The minimum atomic E-state index is -3.37. The van der Waals surface area contributed by atoms with Crippen molar-refractivity contribution in [2.75, 3.05) is 19.6 Å². The Morgan fingerprint density at radius 3 is 2.36 bits per heavy atom. The highest BCUT2D eigenvalue weighted by atomic mass is 32.2. The molecule has 6 heteroatoms. The van der Waals surface area contributed by atoms with Gasteiger partial charge in [-0.1, -0.05) is 48.5 Å². The van der Waals surface area contributed by atoms with Crippen LogP contribution in [-0.4, -0.2) is 42.8 Å². The second kappa shape index (κ2) is 7.93. The van der Waals surface area contributed by atoms with Crippen LogP contribution in [-0.2, 0) is 22.3 Å². The molecule has 0 amide bonds. The molecule has 2 aliphatic heterocycles. The second-order valence-corrected chi connectivity index (χ2v) is 9.99. The van der Waals surface area contributed by atoms with E-state index in [2.05, 4.69) is 4.90 Å². The number of rotatable bonds is 5. The molecular formula is C22H27FN2O2S. The molecule has 2 aromatic rings. The van der Waals surface area contributed by atoms with Crippen molar-refractivity contribution in [2.45, 2.75) is 43.5 Å². The van der Waals surface area contributed by atoms with Crippen LogP contribution in [0, 0.1) is 5.82 Å². The lowest BCUT2D eigenvalue weighted by Gasteiger charge is -2.45. The number of nitrogens with zero attached hydrogens (tertiary/aromatic N) is 2. The summed E-state index contributed by atoms with van der Waals surface area (Å²) in [7, 11) is -3.37. The zero-order chi connectivity index (χ0) is 19.6. The minimum absolute atomic E-state index is 0.0389. The smallest absolute Gasteiger partial charge is 0.218 e. The van der Waals surface area contributed by atoms with E-state index in [0.29, 0.717) is 25.2 Å². The van der Waals surface area contributed by atoms with Crippen molar-refractivity contribution >= 4 is 10.0 Å². The molecule has 1 atom stereocenters. The topological polar surface area (TPSA) is 40.6 Å². The van der Waals surface area contributed by atoms with Gasteiger partial charge in [0.05, 0.1) is 5.75 Å². The first kappa shape index (κ1) is 19.6. The summed E-state index contributed by atoms with van der Waals surface area (Å²) < 4.78 is 42.0. The summed E-state index contributed by atoms with van der Waals surface area (Å²) in [5.74, 6) is -0.147. The van der Waals surface area contributed by atoms with Gasteiger partial charge in [0.15, 0.2) is 0 Å². The molecule has 0 radical (unpaired) electrons. The monoisotopic (exact) mass is 402 g/mol. The number of benzene rings is 2. The Bertz CT molecular complexity index is 919. The van der Waals surface area contributed by atoms with Gasteiger partial charge in [0, 0.05) is 30.7 Å². The molecule has 2 aliphatic rings. The van der Waals surface area contributed by atoms with E-state index in [1.807, 2.05) is 42.5 Å². The molecule has 2 saturated heterocycles. The third-order valence-electron chi connectivity index (χ3n) is 6.17. The summed E-state index contributed by atoms with van der Waals surface area (Å²) in [5, 5.41) is 0. The first-order chi connectivity index (χ1) is 13.5. The third kappa shape index (κ3) is 4.00. The van der Waals surface area contributed by atoms with Gasteiger partial charge in [0.1, 0.15) is 5.82 Å². The number of halogens is 1. The van der Waals surface area contributed by atoms with E-state index in [1.165, 1.54) is 6.07 Å². The molecule has 4 rings (SSSR count). The standard InChI is InChI=1S/C22H27FN2O2S/c23-21-11-5-4-10-20(21)16-24-14-6-12-22(24)13-7-15-25(18-22)28(26,27)17-19-8-2-1-3-9-19/h1-5,8-11H,6-7,12-18H2/t22-/m1/s1. The highest BCUT2D eigenvalue weighted by Crippen LogP contribution is 2.39. The average Bonchev–Trinajstić information content (AvgIpc) is 3.05. The van der Waals surface area contributed by atoms with E-state index in [9.17, 15) is 12.8 Å². The Kier molecular flexibility index (Phi) is 5.54. The van der Waals surface area contributed by atoms with Crippen LogP contribution in [0.4, 0.5) is 4.39 Å². The van der Waals surface area contributed by atoms with Crippen LogP contribution in [0.3, 0.4) is 0 Å². The van der Waals surface area contributed by atoms with Crippen molar-refractivity contribution in [1.82, 2.24) is 9.21 Å². The second-order valence-electron chi connectivity index (χ2n) is 8.02. The summed E-state index contributed by atoms with van der Waals surface area (Å²) in [6.07, 6.45) is 3.82. The van der Waals surface area contributed by atoms with Crippen molar-refractivity contribution in [1.29, 1.82) is 0 Å². The largest absolute Gasteiger partial charge is 0.292 e. The Hall–Kier alpha value is -1.76. The fourth-order valence-electron chi connectivity index (χ4n) is 4.72. The van der Waals surface area contributed by atoms with Gasteiger partial charge in [-0.05, 0) is 43.9 Å². The van der Waals surface area contributed by atoms with E-state index in [1.54, 1.807) is 10.4 Å². The van der Waals surface area contributed by atoms with Gasteiger partial charge >= 0.3 is 0 Å². The molecule has 0 N–H and O–H groups in total. The SMILES string of the molecule is O=S(=O)(Cc1ccccc1)N1CCC[C@]2(CCCN2Cc2ccccc2F)C1. The lowest BCUT2D eigenvalue weighted by atomic mass is 9.87. The average molecular weight is 403 g/mol. The lowest BCUT2D eigenvalue weighted by molar-refractivity contribution is 0.0670. The van der Waals surface area contributed by atoms with E-state index in [0.717, 1.165) is 37.8 Å². The molecule has 0 unspecified atom stereocenters. The normalized spacial score (nSPS) is 24.0. The van der Waals surface area contributed by atoms with Crippen LogP contribution in [0.25, 0.3) is 0 Å². The molecule has 2 fully saturated rings. The van der Waals surface area contributed by atoms with Crippen LogP contribution >= 0.6 is 0 Å². The Morgan fingerprint density at radius 1 is 0.929 bits per heavy atom. The van der Waals surface area contributed by atoms with Gasteiger partial charge in [-0.15, -0.1) is 0 Å². The van der Waals surface area contributed by atoms with Crippen molar-refractivity contribution in [3.05, 3.63) is 71.5 Å². The zero-order valence-electron chi connectivity index (χ0n) is 16.1. The van der Waals surface area contributed by atoms with Gasteiger partial charge in [0.2, 0.25) is 10.0 Å². The molecule has 0 aromatic heterocycles. The maximum Gasteiger partial charge on any atom is 0.218 e. The van der Waals surface area contributed by atoms with Crippen LogP contribution < -0.4 is 0 Å². The molecule has 28 heavy (non-hydrogen) atoms. The highest BCUT2D eigenvalue weighted by molar-refractivity contribution is 7.88. The van der Waals surface area contributed by atoms with Crippen LogP contribution in [0.5, 0.6) is 0 Å². The molecular weight excluding hydrogens is 375 g/mol. The molecule has 150 valence electrons. The minimum Gasteiger partial charge on any atom is -0.292 e. The van der Waals surface area contributed by atoms with Crippen LogP contribution in [0.1, 0.15) is 36.8 Å². The Balaban J connectivity index is 1.52. The third-order valence-corrected chi connectivity index (χ3v) is 7.96. The molecule has 4 nitrogen and oxygen atoms in total. The molecule has 1 spiro atoms. The van der Waals surface area contributed by atoms with E-state index in [-0.39, 0.29) is 17.1 Å². The van der Waals surface area contributed by atoms with Crippen LogP contribution in [0.15, 0.2) is 54.6 Å². The molecule has 0 aliphatic carbocycles. The van der Waals surface area contributed by atoms with Gasteiger partial charge in [0.25, 0.3) is 0 Å². The fourth-order valence-corrected chi connectivity index (χ4v) is 6.36. The van der Waals surface area contributed by atoms with Gasteiger partial charge in [-0.25, -0.2) is 12.8 Å². The van der Waals surface area contributed by atoms with Crippen LogP contribution in [0.2, 0.25) is 0 Å². The van der Waals surface area contributed by atoms with E-state index in [4.69, 9.17) is 0 Å². The quantitative estimate of drug-likeness (QED) is 0.764. The Morgan fingerprint density at radius 2 is 1.61 bits per heavy atom. The number of likely N-dealkylation sites (tertiary alicyclic amines) is 1. The zero-order valence-corrected chi connectivity index (χ0v) is 16.9. The first-order valence-corrected chi connectivity index (χ1v) is 11.6. The number of sulfonamides is 1. The molecule has 2 heterocycles. The number of piperidine rings is 1. The molecule has 0 saturated carbocycles. The summed E-state index contributed by atoms with van der Waals surface area (Å²) >= 11 is 0. The van der Waals surface area contributed by atoms with Crippen molar-refractivity contribution < 1.29 is 12.8 Å². The van der Waals surface area contributed by atoms with Crippen molar-refractivity contribution in [3.8, 4) is 0 Å². The molecule has 0 bridgehead atoms. The van der Waals surface area contributed by atoms with Crippen molar-refractivity contribution in [2.24, 2.45) is 0 Å². The first-order valence-electron chi connectivity index (χ1n) is 9.99. The van der Waals surface area contributed by atoms with Gasteiger partial charge in [-0.2, -0.15) is 4.31 Å². The summed E-state index contributed by atoms with van der Waals surface area (Å²) in [5.41, 5.74) is 1.33. The maximum atomic E-state index is 14.2. The lowest BCUT2D eigenvalue weighted by Crippen LogP contribution is -2.56. The highest BCUT2D eigenvalue weighted by Gasteiger charge is 2.46. The van der Waals surface area contributed by atoms with Gasteiger partial charge in [-0.3, -0.25) is 4.90 Å². The van der Waals surface area contributed by atoms with Crippen molar-refractivity contribution in [3.63, 3.8) is 0 Å². The van der Waals surface area contributed by atoms with Gasteiger partial charge < -0.3 is 0 Å². The summed E-state index contributed by atoms with van der Waals surface area (Å²) in [6, 6.07) is 16.2. The number of hydrogen-bond acceptors (Lipinski definition) is 3. The predicted octanol–water partition coefficient (Wildman–Crippen LogP) is 3.79.